The predicted molar refractivity (Wildman–Crippen MR) is 66.9 cm³/mol. The lowest BCUT2D eigenvalue weighted by Crippen LogP contribution is -2.26. The van der Waals surface area contributed by atoms with Gasteiger partial charge in [0.1, 0.15) is 5.76 Å². The molecule has 98 valence electrons. The Morgan fingerprint density at radius 1 is 1.24 bits per heavy atom. The van der Waals surface area contributed by atoms with E-state index in [1.807, 2.05) is 26.0 Å². The average molecular weight is 241 g/mol. The fraction of sp³-hybridized carbons (Fsp3) is 0.692. The second kappa shape index (κ2) is 9.22. The zero-order valence-electron chi connectivity index (χ0n) is 10.8. The fourth-order valence-electron chi connectivity index (χ4n) is 1.60. The summed E-state index contributed by atoms with van der Waals surface area (Å²) in [6, 6.07) is 3.90. The Balaban J connectivity index is 2.01. The molecular formula is C13H23NO3. The van der Waals surface area contributed by atoms with Gasteiger partial charge in [-0.1, -0.05) is 0 Å². The van der Waals surface area contributed by atoms with Gasteiger partial charge in [-0.3, -0.25) is 0 Å². The lowest BCUT2D eigenvalue weighted by Gasteiger charge is -2.16. The van der Waals surface area contributed by atoms with Crippen LogP contribution in [0.3, 0.4) is 0 Å². The molecule has 0 unspecified atom stereocenters. The molecule has 0 aliphatic carbocycles. The van der Waals surface area contributed by atoms with Gasteiger partial charge in [-0.25, -0.2) is 0 Å². The first-order chi connectivity index (χ1) is 8.36. The van der Waals surface area contributed by atoms with Gasteiger partial charge >= 0.3 is 0 Å². The largest absolute Gasteiger partial charge is 0.469 e. The molecule has 1 aromatic heterocycles. The molecule has 0 fully saturated rings. The van der Waals surface area contributed by atoms with Crippen molar-refractivity contribution >= 4 is 0 Å². The van der Waals surface area contributed by atoms with Gasteiger partial charge in [0.15, 0.2) is 6.29 Å². The van der Waals surface area contributed by atoms with E-state index in [-0.39, 0.29) is 6.29 Å². The van der Waals surface area contributed by atoms with Crippen LogP contribution in [0, 0.1) is 0 Å². The summed E-state index contributed by atoms with van der Waals surface area (Å²) in [5.41, 5.74) is 0. The van der Waals surface area contributed by atoms with E-state index in [0.29, 0.717) is 13.2 Å². The molecule has 0 radical (unpaired) electrons. The van der Waals surface area contributed by atoms with Crippen LogP contribution in [0.1, 0.15) is 26.0 Å². The zero-order chi connectivity index (χ0) is 12.3. The highest BCUT2D eigenvalue weighted by Gasteiger charge is 2.06. The van der Waals surface area contributed by atoms with E-state index >= 15 is 0 Å². The minimum Gasteiger partial charge on any atom is -0.469 e. The van der Waals surface area contributed by atoms with Gasteiger partial charge < -0.3 is 19.2 Å². The van der Waals surface area contributed by atoms with Crippen molar-refractivity contribution in [1.82, 2.24) is 5.32 Å². The quantitative estimate of drug-likeness (QED) is 0.504. The van der Waals surface area contributed by atoms with Crippen LogP contribution in [0.5, 0.6) is 0 Å². The molecule has 0 saturated heterocycles. The average Bonchev–Trinajstić information content (AvgIpc) is 2.82. The van der Waals surface area contributed by atoms with Crippen molar-refractivity contribution in [3.05, 3.63) is 24.2 Å². The summed E-state index contributed by atoms with van der Waals surface area (Å²) in [6.45, 7) is 7.16. The van der Waals surface area contributed by atoms with Gasteiger partial charge in [-0.2, -0.15) is 0 Å². The molecule has 0 aliphatic rings. The van der Waals surface area contributed by atoms with Gasteiger partial charge in [-0.15, -0.1) is 0 Å². The maximum absolute atomic E-state index is 5.45. The summed E-state index contributed by atoms with van der Waals surface area (Å²) in [6.07, 6.45) is 3.41. The highest BCUT2D eigenvalue weighted by molar-refractivity contribution is 4.98. The fourth-order valence-corrected chi connectivity index (χ4v) is 1.60. The van der Waals surface area contributed by atoms with Crippen molar-refractivity contribution < 1.29 is 13.9 Å². The number of furan rings is 1. The van der Waals surface area contributed by atoms with Crippen molar-refractivity contribution in [2.75, 3.05) is 26.3 Å². The van der Waals surface area contributed by atoms with Crippen LogP contribution in [-0.4, -0.2) is 32.6 Å². The number of nitrogens with one attached hydrogen (secondary N) is 1. The summed E-state index contributed by atoms with van der Waals surface area (Å²) in [5, 5.41) is 3.35. The van der Waals surface area contributed by atoms with Crippen LogP contribution in [0.15, 0.2) is 22.8 Å². The van der Waals surface area contributed by atoms with Crippen LogP contribution in [0.25, 0.3) is 0 Å². The van der Waals surface area contributed by atoms with E-state index < -0.39 is 0 Å². The van der Waals surface area contributed by atoms with Gasteiger partial charge in [-0.05, 0) is 32.5 Å². The Morgan fingerprint density at radius 2 is 2.00 bits per heavy atom. The molecule has 0 aromatic carbocycles. The molecule has 4 heteroatoms. The number of ether oxygens (including phenoxy) is 2. The minimum absolute atomic E-state index is 0.0823. The number of hydrogen-bond acceptors (Lipinski definition) is 4. The first kappa shape index (κ1) is 14.2. The zero-order valence-corrected chi connectivity index (χ0v) is 10.8. The predicted octanol–water partition coefficient (Wildman–Crippen LogP) is 2.20. The molecule has 0 atom stereocenters. The number of hydrogen-bond donors (Lipinski definition) is 1. The van der Waals surface area contributed by atoms with Crippen LogP contribution < -0.4 is 5.32 Å². The highest BCUT2D eigenvalue weighted by Crippen LogP contribution is 2.01. The van der Waals surface area contributed by atoms with Crippen LogP contribution >= 0.6 is 0 Å². The molecule has 0 aliphatic heterocycles. The van der Waals surface area contributed by atoms with Crippen LogP contribution in [0.4, 0.5) is 0 Å². The Kier molecular flexibility index (Phi) is 7.71. The molecule has 1 rings (SSSR count). The lowest BCUT2D eigenvalue weighted by molar-refractivity contribution is -0.138. The molecule has 1 heterocycles. The van der Waals surface area contributed by atoms with E-state index in [9.17, 15) is 0 Å². The smallest absolute Gasteiger partial charge is 0.158 e. The molecule has 0 saturated carbocycles. The van der Waals surface area contributed by atoms with Gasteiger partial charge in [0.2, 0.25) is 0 Å². The third-order valence-corrected chi connectivity index (χ3v) is 2.39. The molecule has 0 spiro atoms. The van der Waals surface area contributed by atoms with E-state index in [2.05, 4.69) is 5.32 Å². The van der Waals surface area contributed by atoms with Crippen molar-refractivity contribution in [2.45, 2.75) is 33.0 Å². The van der Waals surface area contributed by atoms with E-state index in [0.717, 1.165) is 31.7 Å². The topological polar surface area (TPSA) is 43.6 Å². The van der Waals surface area contributed by atoms with E-state index in [4.69, 9.17) is 13.9 Å². The van der Waals surface area contributed by atoms with Gasteiger partial charge in [0.25, 0.3) is 0 Å². The lowest BCUT2D eigenvalue weighted by atomic mass is 10.3. The molecule has 1 N–H and O–H groups in total. The van der Waals surface area contributed by atoms with Gasteiger partial charge in [0, 0.05) is 32.6 Å². The monoisotopic (exact) mass is 241 g/mol. The maximum Gasteiger partial charge on any atom is 0.158 e. The molecular weight excluding hydrogens is 218 g/mol. The summed E-state index contributed by atoms with van der Waals surface area (Å²) in [5.74, 6) is 1.02. The van der Waals surface area contributed by atoms with Gasteiger partial charge in [0.05, 0.1) is 6.26 Å². The van der Waals surface area contributed by atoms with Crippen LogP contribution in [-0.2, 0) is 15.9 Å². The summed E-state index contributed by atoms with van der Waals surface area (Å²) in [4.78, 5) is 0. The van der Waals surface area contributed by atoms with Crippen molar-refractivity contribution in [3.63, 3.8) is 0 Å². The van der Waals surface area contributed by atoms with Crippen LogP contribution in [0.2, 0.25) is 0 Å². The summed E-state index contributed by atoms with van der Waals surface area (Å²) >= 11 is 0. The molecule has 1 aromatic rings. The summed E-state index contributed by atoms with van der Waals surface area (Å²) < 4.78 is 16.2. The Labute approximate surface area is 103 Å². The highest BCUT2D eigenvalue weighted by atomic mass is 16.7. The van der Waals surface area contributed by atoms with Crippen molar-refractivity contribution in [3.8, 4) is 0 Å². The van der Waals surface area contributed by atoms with Crippen molar-refractivity contribution in [2.24, 2.45) is 0 Å². The molecule has 0 bridgehead atoms. The standard InChI is InChI=1S/C13H23NO3/c1-3-15-13(16-4-2)8-10-14-9-7-12-6-5-11-17-12/h5-6,11,13-14H,3-4,7-10H2,1-2H3. The van der Waals surface area contributed by atoms with E-state index in [1.165, 1.54) is 0 Å². The van der Waals surface area contributed by atoms with E-state index in [1.54, 1.807) is 6.26 Å². The normalized spacial score (nSPS) is 11.2. The molecule has 0 amide bonds. The Hall–Kier alpha value is -0.840. The minimum atomic E-state index is -0.0823. The third kappa shape index (κ3) is 6.46. The Morgan fingerprint density at radius 3 is 2.59 bits per heavy atom. The second-order valence-corrected chi connectivity index (χ2v) is 3.71. The summed E-state index contributed by atoms with van der Waals surface area (Å²) in [7, 11) is 0. The molecule has 4 nitrogen and oxygen atoms in total. The second-order valence-electron chi connectivity index (χ2n) is 3.71. The third-order valence-electron chi connectivity index (χ3n) is 2.39. The number of rotatable bonds is 10. The SMILES string of the molecule is CCOC(CCNCCc1ccco1)OCC. The maximum atomic E-state index is 5.45. The first-order valence-corrected chi connectivity index (χ1v) is 6.33. The first-order valence-electron chi connectivity index (χ1n) is 6.33. The van der Waals surface area contributed by atoms with Crippen molar-refractivity contribution in [1.29, 1.82) is 0 Å². The Bertz CT molecular complexity index is 256. The molecule has 17 heavy (non-hydrogen) atoms.